The molecule has 2 aromatic carbocycles. The molecule has 0 spiro atoms. The summed E-state index contributed by atoms with van der Waals surface area (Å²) in [6.45, 7) is 3.78. The Morgan fingerprint density at radius 3 is 2.77 bits per heavy atom. The van der Waals surface area contributed by atoms with Gasteiger partial charge >= 0.3 is 0 Å². The molecule has 39 heavy (non-hydrogen) atoms. The van der Waals surface area contributed by atoms with Crippen LogP contribution in [0.2, 0.25) is 0 Å². The number of likely N-dealkylation sites (tertiary alicyclic amines) is 1. The van der Waals surface area contributed by atoms with Gasteiger partial charge in [0.15, 0.2) is 5.82 Å². The fourth-order valence-electron chi connectivity index (χ4n) is 5.21. The second-order valence-electron chi connectivity index (χ2n) is 9.82. The van der Waals surface area contributed by atoms with Crippen LogP contribution in [0.5, 0.6) is 5.75 Å². The molecule has 0 unspecified atom stereocenters. The van der Waals surface area contributed by atoms with E-state index in [1.807, 2.05) is 12.1 Å². The first-order valence-corrected chi connectivity index (χ1v) is 12.9. The zero-order valence-corrected chi connectivity index (χ0v) is 21.8. The fraction of sp³-hybridized carbons (Fsp3) is 0.393. The number of aliphatic imine (C=N–C) groups is 2. The fourth-order valence-corrected chi connectivity index (χ4v) is 5.21. The molecule has 2 aliphatic rings. The molecule has 0 amide bonds. The number of hydrogen-bond acceptors (Lipinski definition) is 6. The molecule has 1 saturated heterocycles. The van der Waals surface area contributed by atoms with Gasteiger partial charge in [0.2, 0.25) is 0 Å². The lowest BCUT2D eigenvalue weighted by Crippen LogP contribution is -2.45. The average molecular weight is 539 g/mol. The van der Waals surface area contributed by atoms with Crippen LogP contribution in [0.3, 0.4) is 0 Å². The molecule has 3 N–H and O–H groups in total. The maximum atomic E-state index is 14.3. The lowest BCUT2D eigenvalue weighted by atomic mass is 9.73. The summed E-state index contributed by atoms with van der Waals surface area (Å²) >= 11 is 0. The van der Waals surface area contributed by atoms with Gasteiger partial charge in [0.25, 0.3) is 5.96 Å². The van der Waals surface area contributed by atoms with Crippen LogP contribution in [-0.4, -0.2) is 78.6 Å². The topological polar surface area (TPSA) is 110 Å². The summed E-state index contributed by atoms with van der Waals surface area (Å²) in [5, 5.41) is 15.3. The molecular formula is C28H32F2N6O3. The van der Waals surface area contributed by atoms with Crippen molar-refractivity contribution in [3.63, 3.8) is 0 Å². The summed E-state index contributed by atoms with van der Waals surface area (Å²) in [6.07, 6.45) is 5.04. The van der Waals surface area contributed by atoms with Gasteiger partial charge in [-0.3, -0.25) is 0 Å². The molecule has 0 radical (unpaired) electrons. The van der Waals surface area contributed by atoms with Crippen molar-refractivity contribution in [3.8, 4) is 17.0 Å². The Labute approximate surface area is 225 Å². The average Bonchev–Trinajstić information content (AvgIpc) is 3.29. The smallest absolute Gasteiger partial charge is 0.252 e. The molecule has 9 nitrogen and oxygen atoms in total. The number of aliphatic hydroxyl groups excluding tert-OH is 1. The number of methoxy groups -OCH3 is 1. The van der Waals surface area contributed by atoms with Crippen molar-refractivity contribution >= 4 is 18.0 Å². The number of nitrogens with zero attached hydrogens (tertiary/aromatic N) is 5. The highest BCUT2D eigenvalue weighted by Crippen LogP contribution is 2.41. The number of aliphatic hydroxyl groups is 1. The third-order valence-corrected chi connectivity index (χ3v) is 7.52. The standard InChI is InChI=1S/C28H32F2N6O3/c1-38-13-11-35-9-7-28(17-37,8-10-35)20-2-5-25-22(14-20)26-19(6-12-39-25)16-36(34-26)27(32-18-31)33-24-4-3-21(29)15-23(24)30/h2-5,14-16,18,37H,6-13,17H2,1H3,(H2,31,32,33). The highest BCUT2D eigenvalue weighted by Gasteiger charge is 2.36. The van der Waals surface area contributed by atoms with Crippen molar-refractivity contribution in [2.24, 2.45) is 15.7 Å². The first-order chi connectivity index (χ1) is 19.0. The SMILES string of the molecule is COCCN1CCC(CO)(c2ccc3c(c2)-c2nn(C(N=CN)=Nc4ccc(F)cc4F)cc2CCO3)CC1. The normalized spacial score (nSPS) is 17.5. The van der Waals surface area contributed by atoms with Crippen LogP contribution in [0.15, 0.2) is 52.6 Å². The Balaban J connectivity index is 1.51. The highest BCUT2D eigenvalue weighted by molar-refractivity contribution is 5.91. The number of fused-ring (bicyclic) bond motifs is 3. The highest BCUT2D eigenvalue weighted by atomic mass is 19.1. The Hall–Kier alpha value is -3.67. The number of ether oxygens (including phenoxy) is 2. The predicted molar refractivity (Wildman–Crippen MR) is 145 cm³/mol. The van der Waals surface area contributed by atoms with E-state index in [1.165, 1.54) is 10.7 Å². The zero-order chi connectivity index (χ0) is 27.4. The molecule has 0 atom stereocenters. The van der Waals surface area contributed by atoms with E-state index >= 15 is 0 Å². The van der Waals surface area contributed by atoms with Gasteiger partial charge in [0.1, 0.15) is 17.3 Å². The quantitative estimate of drug-likeness (QED) is 0.368. The molecule has 3 heterocycles. The Morgan fingerprint density at radius 2 is 2.05 bits per heavy atom. The first-order valence-electron chi connectivity index (χ1n) is 12.9. The van der Waals surface area contributed by atoms with Crippen molar-refractivity contribution in [3.05, 3.63) is 65.4 Å². The van der Waals surface area contributed by atoms with Gasteiger partial charge in [-0.05, 0) is 55.8 Å². The second kappa shape index (κ2) is 11.6. The van der Waals surface area contributed by atoms with Gasteiger partial charge in [-0.25, -0.2) is 23.4 Å². The van der Waals surface area contributed by atoms with Gasteiger partial charge in [-0.1, -0.05) is 6.07 Å². The number of rotatable bonds is 6. The molecule has 1 fully saturated rings. The van der Waals surface area contributed by atoms with Crippen LogP contribution < -0.4 is 10.5 Å². The maximum Gasteiger partial charge on any atom is 0.252 e. The summed E-state index contributed by atoms with van der Waals surface area (Å²) in [5.41, 5.74) is 8.52. The Morgan fingerprint density at radius 1 is 1.23 bits per heavy atom. The number of nitrogens with two attached hydrogens (primary N) is 1. The van der Waals surface area contributed by atoms with E-state index in [-0.39, 0.29) is 23.7 Å². The monoisotopic (exact) mass is 538 g/mol. The van der Waals surface area contributed by atoms with E-state index in [4.69, 9.17) is 20.3 Å². The zero-order valence-electron chi connectivity index (χ0n) is 21.8. The van der Waals surface area contributed by atoms with Crippen molar-refractivity contribution in [2.75, 3.05) is 46.6 Å². The van der Waals surface area contributed by atoms with Gasteiger partial charge in [-0.2, -0.15) is 5.10 Å². The third-order valence-electron chi connectivity index (χ3n) is 7.52. The molecule has 0 aliphatic carbocycles. The van der Waals surface area contributed by atoms with Crippen molar-refractivity contribution < 1.29 is 23.4 Å². The second-order valence-corrected chi connectivity index (χ2v) is 9.82. The Bertz CT molecular complexity index is 1380. The van der Waals surface area contributed by atoms with E-state index in [9.17, 15) is 13.9 Å². The number of benzene rings is 2. The molecule has 206 valence electrons. The van der Waals surface area contributed by atoms with Gasteiger partial charge < -0.3 is 25.2 Å². The number of aromatic nitrogens is 2. The van der Waals surface area contributed by atoms with Gasteiger partial charge in [0, 0.05) is 48.9 Å². The van der Waals surface area contributed by atoms with Crippen LogP contribution in [0.4, 0.5) is 14.5 Å². The van der Waals surface area contributed by atoms with Crippen molar-refractivity contribution in [2.45, 2.75) is 24.7 Å². The molecule has 11 heteroatoms. The molecular weight excluding hydrogens is 506 g/mol. The summed E-state index contributed by atoms with van der Waals surface area (Å²) in [6, 6.07) is 9.14. The van der Waals surface area contributed by atoms with E-state index < -0.39 is 11.6 Å². The largest absolute Gasteiger partial charge is 0.493 e. The molecule has 2 aliphatic heterocycles. The molecule has 1 aromatic heterocycles. The lowest BCUT2D eigenvalue weighted by Gasteiger charge is -2.41. The lowest BCUT2D eigenvalue weighted by molar-refractivity contribution is 0.0803. The van der Waals surface area contributed by atoms with Crippen LogP contribution in [-0.2, 0) is 16.6 Å². The molecule has 0 saturated carbocycles. The van der Waals surface area contributed by atoms with E-state index in [0.29, 0.717) is 31.1 Å². The maximum absolute atomic E-state index is 14.3. The summed E-state index contributed by atoms with van der Waals surface area (Å²) in [5.74, 6) is -0.794. The summed E-state index contributed by atoms with van der Waals surface area (Å²) < 4.78 is 40.4. The van der Waals surface area contributed by atoms with E-state index in [1.54, 1.807) is 13.3 Å². The molecule has 0 bridgehead atoms. The summed E-state index contributed by atoms with van der Waals surface area (Å²) in [7, 11) is 1.70. The van der Waals surface area contributed by atoms with Crippen LogP contribution in [0.25, 0.3) is 11.3 Å². The summed E-state index contributed by atoms with van der Waals surface area (Å²) in [4.78, 5) is 10.7. The minimum absolute atomic E-state index is 0.0324. The van der Waals surface area contributed by atoms with Crippen molar-refractivity contribution in [1.82, 2.24) is 14.7 Å². The van der Waals surface area contributed by atoms with Crippen LogP contribution in [0, 0.1) is 11.6 Å². The molecule has 3 aromatic rings. The molecule has 5 rings (SSSR count). The first kappa shape index (κ1) is 26.9. The predicted octanol–water partition coefficient (Wildman–Crippen LogP) is 3.26. The van der Waals surface area contributed by atoms with Crippen LogP contribution >= 0.6 is 0 Å². The van der Waals surface area contributed by atoms with E-state index in [0.717, 1.165) is 67.6 Å². The number of piperidine rings is 1. The Kier molecular flexibility index (Phi) is 8.01. The van der Waals surface area contributed by atoms with E-state index in [2.05, 4.69) is 21.0 Å². The minimum atomic E-state index is -0.820. The van der Waals surface area contributed by atoms with Crippen LogP contribution in [0.1, 0.15) is 24.0 Å². The van der Waals surface area contributed by atoms with Gasteiger partial charge in [0.05, 0.1) is 31.9 Å². The number of halogens is 2. The van der Waals surface area contributed by atoms with Gasteiger partial charge in [-0.15, -0.1) is 0 Å². The minimum Gasteiger partial charge on any atom is -0.493 e. The number of hydrogen-bond donors (Lipinski definition) is 2. The van der Waals surface area contributed by atoms with Crippen molar-refractivity contribution in [1.29, 1.82) is 0 Å². The third kappa shape index (κ3) is 5.56.